The van der Waals surface area contributed by atoms with Crippen molar-refractivity contribution in [3.05, 3.63) is 47.8 Å². The van der Waals surface area contributed by atoms with Crippen molar-refractivity contribution in [3.63, 3.8) is 0 Å². The van der Waals surface area contributed by atoms with Gasteiger partial charge in [-0.1, -0.05) is 6.42 Å². The Balaban J connectivity index is 1.89. The van der Waals surface area contributed by atoms with E-state index < -0.39 is 0 Å². The fourth-order valence-electron chi connectivity index (χ4n) is 2.17. The van der Waals surface area contributed by atoms with E-state index >= 15 is 0 Å². The summed E-state index contributed by atoms with van der Waals surface area (Å²) in [5.74, 6) is -0.213. The van der Waals surface area contributed by atoms with Crippen molar-refractivity contribution in [1.82, 2.24) is 9.97 Å². The molecule has 5 heteroatoms. The second kappa shape index (κ2) is 9.00. The van der Waals surface area contributed by atoms with Crippen LogP contribution in [-0.2, 0) is 16.1 Å². The van der Waals surface area contributed by atoms with Crippen LogP contribution in [0.3, 0.4) is 0 Å². The van der Waals surface area contributed by atoms with E-state index in [1.54, 1.807) is 12.4 Å². The lowest BCUT2D eigenvalue weighted by atomic mass is 10.1. The Labute approximate surface area is 136 Å². The lowest BCUT2D eigenvalue weighted by molar-refractivity contribution is -0.145. The summed E-state index contributed by atoms with van der Waals surface area (Å²) in [6.07, 6.45) is 6.15. The summed E-state index contributed by atoms with van der Waals surface area (Å²) >= 11 is 0. The van der Waals surface area contributed by atoms with Crippen LogP contribution in [0.25, 0.3) is 11.4 Å². The highest BCUT2D eigenvalue weighted by molar-refractivity contribution is 5.69. The van der Waals surface area contributed by atoms with Crippen LogP contribution in [0.5, 0.6) is 0 Å². The van der Waals surface area contributed by atoms with Crippen LogP contribution in [0.15, 0.2) is 36.7 Å². The molecule has 2 heterocycles. The Kier molecular flexibility index (Phi) is 6.69. The van der Waals surface area contributed by atoms with Crippen LogP contribution in [0.2, 0.25) is 0 Å². The summed E-state index contributed by atoms with van der Waals surface area (Å²) in [7, 11) is 0. The van der Waals surface area contributed by atoms with Gasteiger partial charge in [-0.05, 0) is 55.2 Å². The third-order valence-electron chi connectivity index (χ3n) is 3.44. The normalized spacial score (nSPS) is 10.5. The number of ether oxygens (including phenoxy) is 1. The average molecular weight is 314 g/mol. The molecule has 0 aromatic carbocycles. The van der Waals surface area contributed by atoms with E-state index in [2.05, 4.69) is 9.97 Å². The SMILES string of the molecule is Cc1ccnc(-c2cc(COC(=O)CCCCCO)ccn2)c1. The number of aliphatic hydroxyl groups is 1. The number of rotatable bonds is 8. The van der Waals surface area contributed by atoms with Crippen molar-refractivity contribution in [2.45, 2.75) is 39.2 Å². The first-order valence-corrected chi connectivity index (χ1v) is 7.83. The smallest absolute Gasteiger partial charge is 0.306 e. The molecule has 23 heavy (non-hydrogen) atoms. The van der Waals surface area contributed by atoms with Gasteiger partial charge in [-0.25, -0.2) is 0 Å². The van der Waals surface area contributed by atoms with Gasteiger partial charge >= 0.3 is 5.97 Å². The standard InChI is InChI=1S/C18H22N2O3/c1-14-6-8-19-16(11-14)17-12-15(7-9-20-17)13-23-18(22)5-3-2-4-10-21/h6-9,11-12,21H,2-5,10,13H2,1H3. The van der Waals surface area contributed by atoms with Gasteiger partial charge in [0, 0.05) is 25.4 Å². The molecule has 0 atom stereocenters. The molecular formula is C18H22N2O3. The number of carbonyl (C=O) groups is 1. The number of hydrogen-bond donors (Lipinski definition) is 1. The molecule has 0 saturated heterocycles. The topological polar surface area (TPSA) is 72.3 Å². The van der Waals surface area contributed by atoms with E-state index in [0.29, 0.717) is 6.42 Å². The summed E-state index contributed by atoms with van der Waals surface area (Å²) in [6, 6.07) is 7.63. The Morgan fingerprint density at radius 2 is 1.83 bits per heavy atom. The summed E-state index contributed by atoms with van der Waals surface area (Å²) in [5, 5.41) is 8.69. The molecule has 2 aromatic rings. The van der Waals surface area contributed by atoms with Crippen molar-refractivity contribution in [2.75, 3.05) is 6.61 Å². The van der Waals surface area contributed by atoms with Gasteiger partial charge in [0.25, 0.3) is 0 Å². The minimum Gasteiger partial charge on any atom is -0.461 e. The Morgan fingerprint density at radius 3 is 2.57 bits per heavy atom. The molecule has 0 aliphatic carbocycles. The molecule has 0 amide bonds. The minimum absolute atomic E-state index is 0.168. The number of aliphatic hydroxyl groups excluding tert-OH is 1. The Morgan fingerprint density at radius 1 is 1.09 bits per heavy atom. The van der Waals surface area contributed by atoms with Crippen LogP contribution in [0.1, 0.15) is 36.8 Å². The van der Waals surface area contributed by atoms with Crippen LogP contribution >= 0.6 is 0 Å². The fourth-order valence-corrected chi connectivity index (χ4v) is 2.17. The van der Waals surface area contributed by atoms with Gasteiger partial charge in [0.1, 0.15) is 6.61 Å². The third kappa shape index (κ3) is 5.79. The molecule has 0 unspecified atom stereocenters. The first-order valence-electron chi connectivity index (χ1n) is 7.83. The zero-order chi connectivity index (χ0) is 16.5. The maximum absolute atomic E-state index is 11.7. The first kappa shape index (κ1) is 17.1. The van der Waals surface area contributed by atoms with E-state index in [1.165, 1.54) is 0 Å². The van der Waals surface area contributed by atoms with E-state index in [-0.39, 0.29) is 19.2 Å². The molecule has 0 spiro atoms. The summed E-state index contributed by atoms with van der Waals surface area (Å²) in [6.45, 7) is 2.41. The molecule has 0 fully saturated rings. The molecule has 5 nitrogen and oxygen atoms in total. The summed E-state index contributed by atoms with van der Waals surface area (Å²) < 4.78 is 5.27. The number of nitrogens with zero attached hydrogens (tertiary/aromatic N) is 2. The van der Waals surface area contributed by atoms with Crippen LogP contribution < -0.4 is 0 Å². The lowest BCUT2D eigenvalue weighted by Gasteiger charge is -2.07. The fraction of sp³-hybridized carbons (Fsp3) is 0.389. The van der Waals surface area contributed by atoms with Crippen molar-refractivity contribution in [2.24, 2.45) is 0 Å². The monoisotopic (exact) mass is 314 g/mol. The largest absolute Gasteiger partial charge is 0.461 e. The van der Waals surface area contributed by atoms with Gasteiger partial charge < -0.3 is 9.84 Å². The maximum atomic E-state index is 11.7. The second-order valence-corrected chi connectivity index (χ2v) is 5.46. The molecule has 0 aliphatic heterocycles. The van der Waals surface area contributed by atoms with Crippen LogP contribution in [0, 0.1) is 6.92 Å². The second-order valence-electron chi connectivity index (χ2n) is 5.46. The molecule has 1 N–H and O–H groups in total. The van der Waals surface area contributed by atoms with E-state index in [4.69, 9.17) is 9.84 Å². The molecule has 122 valence electrons. The van der Waals surface area contributed by atoms with Gasteiger partial charge in [-0.2, -0.15) is 0 Å². The predicted octanol–water partition coefficient (Wildman–Crippen LogP) is 3.05. The van der Waals surface area contributed by atoms with E-state index in [0.717, 1.165) is 41.8 Å². The molecule has 0 radical (unpaired) electrons. The number of aryl methyl sites for hydroxylation is 1. The van der Waals surface area contributed by atoms with E-state index in [9.17, 15) is 4.79 Å². The van der Waals surface area contributed by atoms with Crippen molar-refractivity contribution >= 4 is 5.97 Å². The number of aromatic nitrogens is 2. The molecule has 2 aromatic heterocycles. The highest BCUT2D eigenvalue weighted by Crippen LogP contribution is 2.17. The number of carbonyl (C=O) groups excluding carboxylic acids is 1. The van der Waals surface area contributed by atoms with Crippen molar-refractivity contribution in [3.8, 4) is 11.4 Å². The highest BCUT2D eigenvalue weighted by Gasteiger charge is 2.06. The summed E-state index contributed by atoms with van der Waals surface area (Å²) in [5.41, 5.74) is 3.59. The third-order valence-corrected chi connectivity index (χ3v) is 3.44. The van der Waals surface area contributed by atoms with Gasteiger partial charge in [0.05, 0.1) is 11.4 Å². The quantitative estimate of drug-likeness (QED) is 0.599. The lowest BCUT2D eigenvalue weighted by Crippen LogP contribution is -2.05. The van der Waals surface area contributed by atoms with E-state index in [1.807, 2.05) is 31.2 Å². The number of esters is 1. The van der Waals surface area contributed by atoms with Gasteiger partial charge in [-0.15, -0.1) is 0 Å². The van der Waals surface area contributed by atoms with Crippen LogP contribution in [0.4, 0.5) is 0 Å². The van der Waals surface area contributed by atoms with Gasteiger partial charge in [0.15, 0.2) is 0 Å². The maximum Gasteiger partial charge on any atom is 0.306 e. The number of hydrogen-bond acceptors (Lipinski definition) is 5. The predicted molar refractivity (Wildman–Crippen MR) is 87.6 cm³/mol. The number of pyridine rings is 2. The Hall–Kier alpha value is -2.27. The zero-order valence-electron chi connectivity index (χ0n) is 13.4. The average Bonchev–Trinajstić information content (AvgIpc) is 2.57. The Bertz CT molecular complexity index is 644. The highest BCUT2D eigenvalue weighted by atomic mass is 16.5. The minimum atomic E-state index is -0.213. The molecule has 0 saturated carbocycles. The molecule has 0 bridgehead atoms. The molecule has 0 aliphatic rings. The van der Waals surface area contributed by atoms with Crippen molar-refractivity contribution < 1.29 is 14.6 Å². The molecule has 2 rings (SSSR count). The van der Waals surface area contributed by atoms with Crippen molar-refractivity contribution in [1.29, 1.82) is 0 Å². The number of unbranched alkanes of at least 4 members (excludes halogenated alkanes) is 2. The summed E-state index contributed by atoms with van der Waals surface area (Å²) in [4.78, 5) is 20.3. The van der Waals surface area contributed by atoms with Gasteiger partial charge in [0.2, 0.25) is 0 Å². The van der Waals surface area contributed by atoms with Crippen LogP contribution in [-0.4, -0.2) is 27.7 Å². The zero-order valence-corrected chi connectivity index (χ0v) is 13.4. The first-order chi connectivity index (χ1) is 11.2. The molecular weight excluding hydrogens is 292 g/mol. The van der Waals surface area contributed by atoms with Gasteiger partial charge in [-0.3, -0.25) is 14.8 Å².